The molecule has 21 heavy (non-hydrogen) atoms. The number of hydrogen-bond acceptors (Lipinski definition) is 3. The summed E-state index contributed by atoms with van der Waals surface area (Å²) in [7, 11) is 0. The van der Waals surface area contributed by atoms with E-state index in [4.69, 9.17) is 10.8 Å². The SMILES string of the molecule is CC(C(=O)N(CC(=O)O)CC1CC1)C(N)c1ccccc1. The highest BCUT2D eigenvalue weighted by atomic mass is 16.4. The zero-order chi connectivity index (χ0) is 15.4. The molecule has 0 radical (unpaired) electrons. The van der Waals surface area contributed by atoms with Gasteiger partial charge in [-0.3, -0.25) is 9.59 Å². The summed E-state index contributed by atoms with van der Waals surface area (Å²) in [5.74, 6) is -1.15. The van der Waals surface area contributed by atoms with Gasteiger partial charge in [-0.1, -0.05) is 37.3 Å². The van der Waals surface area contributed by atoms with Crippen LogP contribution in [0.2, 0.25) is 0 Å². The fourth-order valence-corrected chi connectivity index (χ4v) is 2.41. The largest absolute Gasteiger partial charge is 0.480 e. The van der Waals surface area contributed by atoms with Crippen molar-refractivity contribution in [1.82, 2.24) is 4.90 Å². The molecule has 0 aromatic heterocycles. The lowest BCUT2D eigenvalue weighted by atomic mass is 9.94. The second-order valence-corrected chi connectivity index (χ2v) is 5.78. The van der Waals surface area contributed by atoms with Gasteiger partial charge >= 0.3 is 5.97 Å². The van der Waals surface area contributed by atoms with Crippen LogP contribution in [0.1, 0.15) is 31.4 Å². The van der Waals surface area contributed by atoms with Crippen LogP contribution in [-0.4, -0.2) is 35.0 Å². The van der Waals surface area contributed by atoms with Gasteiger partial charge in [0.05, 0.1) is 5.92 Å². The van der Waals surface area contributed by atoms with Gasteiger partial charge in [-0.25, -0.2) is 0 Å². The summed E-state index contributed by atoms with van der Waals surface area (Å²) in [6, 6.07) is 9.01. The van der Waals surface area contributed by atoms with Crippen molar-refractivity contribution in [2.45, 2.75) is 25.8 Å². The number of nitrogens with zero attached hydrogens (tertiary/aromatic N) is 1. The quantitative estimate of drug-likeness (QED) is 0.799. The first-order valence-electron chi connectivity index (χ1n) is 7.30. The fraction of sp³-hybridized carbons (Fsp3) is 0.500. The second kappa shape index (κ2) is 6.72. The van der Waals surface area contributed by atoms with Gasteiger partial charge in [0, 0.05) is 12.6 Å². The van der Waals surface area contributed by atoms with Crippen molar-refractivity contribution in [2.24, 2.45) is 17.6 Å². The number of aliphatic carboxylic acids is 1. The first kappa shape index (κ1) is 15.5. The second-order valence-electron chi connectivity index (χ2n) is 5.78. The van der Waals surface area contributed by atoms with Crippen LogP contribution in [0.3, 0.4) is 0 Å². The molecule has 0 aliphatic heterocycles. The third-order valence-corrected chi connectivity index (χ3v) is 3.93. The van der Waals surface area contributed by atoms with Crippen molar-refractivity contribution in [1.29, 1.82) is 0 Å². The van der Waals surface area contributed by atoms with Crippen molar-refractivity contribution >= 4 is 11.9 Å². The fourth-order valence-electron chi connectivity index (χ4n) is 2.41. The maximum Gasteiger partial charge on any atom is 0.323 e. The minimum atomic E-state index is -0.982. The van der Waals surface area contributed by atoms with Gasteiger partial charge in [-0.15, -0.1) is 0 Å². The smallest absolute Gasteiger partial charge is 0.323 e. The highest BCUT2D eigenvalue weighted by Crippen LogP contribution is 2.31. The number of carbonyl (C=O) groups is 2. The van der Waals surface area contributed by atoms with E-state index >= 15 is 0 Å². The maximum atomic E-state index is 12.5. The molecule has 2 unspecified atom stereocenters. The number of carboxylic acids is 1. The number of nitrogens with two attached hydrogens (primary N) is 1. The zero-order valence-electron chi connectivity index (χ0n) is 12.2. The van der Waals surface area contributed by atoms with E-state index in [2.05, 4.69) is 0 Å². The molecule has 5 heteroatoms. The van der Waals surface area contributed by atoms with E-state index in [0.717, 1.165) is 18.4 Å². The Morgan fingerprint density at radius 1 is 1.33 bits per heavy atom. The molecule has 1 aliphatic carbocycles. The number of benzene rings is 1. The molecule has 1 aliphatic rings. The Bertz CT molecular complexity index is 500. The van der Waals surface area contributed by atoms with E-state index in [1.165, 1.54) is 4.90 Å². The Morgan fingerprint density at radius 3 is 2.48 bits per heavy atom. The topological polar surface area (TPSA) is 83.6 Å². The lowest BCUT2D eigenvalue weighted by molar-refractivity contribution is -0.146. The van der Waals surface area contributed by atoms with Crippen molar-refractivity contribution in [2.75, 3.05) is 13.1 Å². The molecule has 0 bridgehead atoms. The summed E-state index contributed by atoms with van der Waals surface area (Å²) in [6.45, 7) is 2.04. The van der Waals surface area contributed by atoms with E-state index in [1.54, 1.807) is 6.92 Å². The van der Waals surface area contributed by atoms with Gasteiger partial charge in [0.15, 0.2) is 0 Å². The summed E-state index contributed by atoms with van der Waals surface area (Å²) in [5, 5.41) is 8.98. The minimum Gasteiger partial charge on any atom is -0.480 e. The van der Waals surface area contributed by atoms with E-state index in [-0.39, 0.29) is 12.5 Å². The lowest BCUT2D eigenvalue weighted by Crippen LogP contribution is -2.43. The number of rotatable bonds is 7. The van der Waals surface area contributed by atoms with Gasteiger partial charge in [-0.2, -0.15) is 0 Å². The monoisotopic (exact) mass is 290 g/mol. The predicted molar refractivity (Wildman–Crippen MR) is 79.5 cm³/mol. The highest BCUT2D eigenvalue weighted by molar-refractivity contribution is 5.83. The van der Waals surface area contributed by atoms with Crippen molar-refractivity contribution < 1.29 is 14.7 Å². The Kier molecular flexibility index (Phi) is 4.96. The first-order valence-corrected chi connectivity index (χ1v) is 7.30. The summed E-state index contributed by atoms with van der Waals surface area (Å²) < 4.78 is 0. The Morgan fingerprint density at radius 2 is 1.95 bits per heavy atom. The molecular formula is C16H22N2O3. The van der Waals surface area contributed by atoms with Crippen LogP contribution in [0.25, 0.3) is 0 Å². The summed E-state index contributed by atoms with van der Waals surface area (Å²) in [4.78, 5) is 24.9. The third-order valence-electron chi connectivity index (χ3n) is 3.93. The van der Waals surface area contributed by atoms with Crippen molar-refractivity contribution in [3.63, 3.8) is 0 Å². The molecule has 0 saturated heterocycles. The number of amides is 1. The van der Waals surface area contributed by atoms with E-state index in [0.29, 0.717) is 12.5 Å². The Hall–Kier alpha value is -1.88. The van der Waals surface area contributed by atoms with Crippen LogP contribution in [0.4, 0.5) is 0 Å². The standard InChI is InChI=1S/C16H22N2O3/c1-11(15(17)13-5-3-2-4-6-13)16(21)18(10-14(19)20)9-12-7-8-12/h2-6,11-12,15H,7-10,17H2,1H3,(H,19,20). The van der Waals surface area contributed by atoms with Gasteiger partial charge in [-0.05, 0) is 24.3 Å². The minimum absolute atomic E-state index is 0.180. The maximum absolute atomic E-state index is 12.5. The molecule has 114 valence electrons. The van der Waals surface area contributed by atoms with Gasteiger partial charge < -0.3 is 15.7 Å². The molecular weight excluding hydrogens is 268 g/mol. The summed E-state index contributed by atoms with van der Waals surface area (Å²) >= 11 is 0. The third kappa shape index (κ3) is 4.29. The van der Waals surface area contributed by atoms with E-state index < -0.39 is 17.9 Å². The van der Waals surface area contributed by atoms with E-state index in [9.17, 15) is 9.59 Å². The van der Waals surface area contributed by atoms with Crippen LogP contribution in [0.15, 0.2) is 30.3 Å². The number of carbonyl (C=O) groups excluding carboxylic acids is 1. The molecule has 5 nitrogen and oxygen atoms in total. The average molecular weight is 290 g/mol. The Labute approximate surface area is 124 Å². The first-order chi connectivity index (χ1) is 9.99. The lowest BCUT2D eigenvalue weighted by Gasteiger charge is -2.27. The molecule has 1 aromatic rings. The molecule has 0 spiro atoms. The van der Waals surface area contributed by atoms with Crippen LogP contribution in [0.5, 0.6) is 0 Å². The number of hydrogen-bond donors (Lipinski definition) is 2. The van der Waals surface area contributed by atoms with Gasteiger partial charge in [0.2, 0.25) is 5.91 Å². The number of carboxylic acid groups (broad SMARTS) is 1. The summed E-state index contributed by atoms with van der Waals surface area (Å²) in [5.41, 5.74) is 7.05. The normalized spacial score (nSPS) is 17.0. The van der Waals surface area contributed by atoms with Crippen molar-refractivity contribution in [3.8, 4) is 0 Å². The molecule has 1 amide bonds. The predicted octanol–water partition coefficient (Wildman–Crippen LogP) is 1.65. The summed E-state index contributed by atoms with van der Waals surface area (Å²) in [6.07, 6.45) is 2.14. The van der Waals surface area contributed by atoms with Crippen LogP contribution < -0.4 is 5.73 Å². The van der Waals surface area contributed by atoms with Crippen molar-refractivity contribution in [3.05, 3.63) is 35.9 Å². The molecule has 1 saturated carbocycles. The molecule has 3 N–H and O–H groups in total. The van der Waals surface area contributed by atoms with Crippen LogP contribution in [0, 0.1) is 11.8 Å². The molecule has 0 heterocycles. The molecule has 1 aromatic carbocycles. The molecule has 2 rings (SSSR count). The average Bonchev–Trinajstić information content (AvgIpc) is 3.28. The van der Waals surface area contributed by atoms with E-state index in [1.807, 2.05) is 30.3 Å². The zero-order valence-corrected chi connectivity index (χ0v) is 12.2. The van der Waals surface area contributed by atoms with Gasteiger partial charge in [0.25, 0.3) is 0 Å². The molecule has 2 atom stereocenters. The van der Waals surface area contributed by atoms with Crippen LogP contribution in [-0.2, 0) is 9.59 Å². The highest BCUT2D eigenvalue weighted by Gasteiger charge is 2.32. The van der Waals surface area contributed by atoms with Gasteiger partial charge in [0.1, 0.15) is 6.54 Å². The Balaban J connectivity index is 2.05. The van der Waals surface area contributed by atoms with Crippen LogP contribution >= 0.6 is 0 Å². The molecule has 1 fully saturated rings.